The zero-order chi connectivity index (χ0) is 11.9. The summed E-state index contributed by atoms with van der Waals surface area (Å²) in [5.41, 5.74) is 0.0614. The average Bonchev–Trinajstić information content (AvgIpc) is 2.35. The molecule has 0 unspecified atom stereocenters. The molecular formula is C12H25NO2S. The van der Waals surface area contributed by atoms with Crippen LogP contribution in [-0.4, -0.2) is 49.5 Å². The van der Waals surface area contributed by atoms with E-state index < -0.39 is 0 Å². The predicted octanol–water partition coefficient (Wildman–Crippen LogP) is 1.51. The van der Waals surface area contributed by atoms with Gasteiger partial charge >= 0.3 is 0 Å². The number of rotatable bonds is 7. The third kappa shape index (κ3) is 4.62. The summed E-state index contributed by atoms with van der Waals surface area (Å²) in [6, 6.07) is 0.540. The first-order valence-electron chi connectivity index (χ1n) is 6.13. The molecule has 1 fully saturated rings. The molecule has 0 aromatic carbocycles. The van der Waals surface area contributed by atoms with Gasteiger partial charge in [-0.1, -0.05) is 0 Å². The second kappa shape index (κ2) is 7.54. The summed E-state index contributed by atoms with van der Waals surface area (Å²) < 4.78 is 5.36. The fourth-order valence-corrected chi connectivity index (χ4v) is 2.57. The van der Waals surface area contributed by atoms with E-state index in [0.717, 1.165) is 32.6 Å². The lowest BCUT2D eigenvalue weighted by Gasteiger charge is -2.36. The summed E-state index contributed by atoms with van der Waals surface area (Å²) >= 11 is 1.89. The van der Waals surface area contributed by atoms with E-state index >= 15 is 0 Å². The lowest BCUT2D eigenvalue weighted by molar-refractivity contribution is -0.0163. The second-order valence-corrected chi connectivity index (χ2v) is 5.82. The van der Waals surface area contributed by atoms with Crippen molar-refractivity contribution in [2.75, 3.05) is 38.4 Å². The topological polar surface area (TPSA) is 41.5 Å². The van der Waals surface area contributed by atoms with Crippen molar-refractivity contribution < 1.29 is 9.84 Å². The standard InChI is InChI=1S/C12H25NO2S/c1-11(3-8-16-2)13-9-12(10-14)4-6-15-7-5-12/h11,13-14H,3-10H2,1-2H3/t11-/m1/s1. The first kappa shape index (κ1) is 14.3. The predicted molar refractivity (Wildman–Crippen MR) is 70.0 cm³/mol. The third-order valence-electron chi connectivity index (χ3n) is 3.47. The number of aliphatic hydroxyl groups is 1. The van der Waals surface area contributed by atoms with E-state index in [4.69, 9.17) is 4.74 Å². The van der Waals surface area contributed by atoms with Crippen LogP contribution >= 0.6 is 11.8 Å². The Kier molecular flexibility index (Phi) is 6.73. The lowest BCUT2D eigenvalue weighted by Crippen LogP contribution is -2.44. The van der Waals surface area contributed by atoms with Crippen LogP contribution in [0.4, 0.5) is 0 Å². The number of aliphatic hydroxyl groups excluding tert-OH is 1. The zero-order valence-corrected chi connectivity index (χ0v) is 11.3. The maximum absolute atomic E-state index is 9.53. The van der Waals surface area contributed by atoms with E-state index in [1.807, 2.05) is 11.8 Å². The van der Waals surface area contributed by atoms with Gasteiger partial charge in [0.2, 0.25) is 0 Å². The van der Waals surface area contributed by atoms with Crippen molar-refractivity contribution in [3.8, 4) is 0 Å². The molecule has 2 N–H and O–H groups in total. The van der Waals surface area contributed by atoms with E-state index in [1.165, 1.54) is 12.2 Å². The van der Waals surface area contributed by atoms with Crippen molar-refractivity contribution in [3.63, 3.8) is 0 Å². The summed E-state index contributed by atoms with van der Waals surface area (Å²) in [5.74, 6) is 1.20. The van der Waals surface area contributed by atoms with Crippen molar-refractivity contribution in [2.24, 2.45) is 5.41 Å². The number of hydrogen-bond donors (Lipinski definition) is 2. The molecule has 1 aliphatic heterocycles. The quantitative estimate of drug-likeness (QED) is 0.715. The van der Waals surface area contributed by atoms with Gasteiger partial charge in [0.05, 0.1) is 6.61 Å². The average molecular weight is 247 g/mol. The third-order valence-corrected chi connectivity index (χ3v) is 4.11. The van der Waals surface area contributed by atoms with Crippen LogP contribution in [0, 0.1) is 5.41 Å². The fourth-order valence-electron chi connectivity index (χ4n) is 1.98. The van der Waals surface area contributed by atoms with Crippen molar-refractivity contribution in [3.05, 3.63) is 0 Å². The maximum atomic E-state index is 9.53. The van der Waals surface area contributed by atoms with E-state index in [9.17, 15) is 5.11 Å². The number of thioether (sulfide) groups is 1. The SMILES string of the molecule is CSCC[C@@H](C)NCC1(CO)CCOCC1. The molecule has 16 heavy (non-hydrogen) atoms. The first-order valence-corrected chi connectivity index (χ1v) is 7.53. The molecule has 0 bridgehead atoms. The highest BCUT2D eigenvalue weighted by atomic mass is 32.2. The molecule has 1 atom stereocenters. The summed E-state index contributed by atoms with van der Waals surface area (Å²) in [4.78, 5) is 0. The van der Waals surface area contributed by atoms with Crippen LogP contribution in [0.25, 0.3) is 0 Å². The molecule has 0 radical (unpaired) electrons. The molecule has 1 rings (SSSR count). The Balaban J connectivity index is 2.27. The molecule has 0 amide bonds. The molecule has 3 nitrogen and oxygen atoms in total. The number of hydrogen-bond acceptors (Lipinski definition) is 4. The van der Waals surface area contributed by atoms with E-state index in [2.05, 4.69) is 18.5 Å². The molecule has 4 heteroatoms. The zero-order valence-electron chi connectivity index (χ0n) is 10.5. The summed E-state index contributed by atoms with van der Waals surface area (Å²) in [6.45, 7) is 5.00. The minimum Gasteiger partial charge on any atom is -0.396 e. The van der Waals surface area contributed by atoms with Gasteiger partial charge in [-0.15, -0.1) is 0 Å². The lowest BCUT2D eigenvalue weighted by atomic mass is 9.81. The monoisotopic (exact) mass is 247 g/mol. The first-order chi connectivity index (χ1) is 7.72. The van der Waals surface area contributed by atoms with Crippen LogP contribution in [0.5, 0.6) is 0 Å². The van der Waals surface area contributed by atoms with Gasteiger partial charge in [0.1, 0.15) is 0 Å². The smallest absolute Gasteiger partial charge is 0.0501 e. The summed E-state index contributed by atoms with van der Waals surface area (Å²) in [6.07, 6.45) is 5.29. The van der Waals surface area contributed by atoms with Crippen molar-refractivity contribution >= 4 is 11.8 Å². The largest absolute Gasteiger partial charge is 0.396 e. The van der Waals surface area contributed by atoms with E-state index in [0.29, 0.717) is 6.04 Å². The van der Waals surface area contributed by atoms with Crippen LogP contribution < -0.4 is 5.32 Å². The van der Waals surface area contributed by atoms with Crippen LogP contribution in [-0.2, 0) is 4.74 Å². The molecule has 1 saturated heterocycles. The Morgan fingerprint density at radius 2 is 2.12 bits per heavy atom. The van der Waals surface area contributed by atoms with Gasteiger partial charge in [0, 0.05) is 31.2 Å². The van der Waals surface area contributed by atoms with E-state index in [-0.39, 0.29) is 12.0 Å². The number of nitrogens with one attached hydrogen (secondary N) is 1. The Labute approximate surface area is 103 Å². The van der Waals surface area contributed by atoms with Crippen molar-refractivity contribution in [2.45, 2.75) is 32.2 Å². The minimum absolute atomic E-state index is 0.0614. The molecule has 0 aromatic heterocycles. The van der Waals surface area contributed by atoms with Crippen LogP contribution in [0.2, 0.25) is 0 Å². The van der Waals surface area contributed by atoms with Gasteiger partial charge in [-0.05, 0) is 38.2 Å². The molecule has 0 aliphatic carbocycles. The normalized spacial score (nSPS) is 21.9. The van der Waals surface area contributed by atoms with Gasteiger partial charge in [-0.25, -0.2) is 0 Å². The second-order valence-electron chi connectivity index (χ2n) is 4.83. The molecule has 96 valence electrons. The van der Waals surface area contributed by atoms with Gasteiger partial charge in [-0.3, -0.25) is 0 Å². The molecule has 1 heterocycles. The van der Waals surface area contributed by atoms with Gasteiger partial charge < -0.3 is 15.2 Å². The van der Waals surface area contributed by atoms with Gasteiger partial charge in [0.25, 0.3) is 0 Å². The van der Waals surface area contributed by atoms with Crippen LogP contribution in [0.15, 0.2) is 0 Å². The number of ether oxygens (including phenoxy) is 1. The molecular weight excluding hydrogens is 222 g/mol. The molecule has 1 aliphatic rings. The molecule has 0 aromatic rings. The Bertz CT molecular complexity index is 184. The Hall–Kier alpha value is 0.230. The van der Waals surface area contributed by atoms with E-state index in [1.54, 1.807) is 0 Å². The fraction of sp³-hybridized carbons (Fsp3) is 1.00. The Morgan fingerprint density at radius 3 is 2.69 bits per heavy atom. The van der Waals surface area contributed by atoms with Crippen molar-refractivity contribution in [1.29, 1.82) is 0 Å². The maximum Gasteiger partial charge on any atom is 0.0501 e. The minimum atomic E-state index is 0.0614. The van der Waals surface area contributed by atoms with Crippen molar-refractivity contribution in [1.82, 2.24) is 5.32 Å². The van der Waals surface area contributed by atoms with Gasteiger partial charge in [0.15, 0.2) is 0 Å². The molecule has 0 saturated carbocycles. The Morgan fingerprint density at radius 1 is 1.44 bits per heavy atom. The molecule has 0 spiro atoms. The van der Waals surface area contributed by atoms with Gasteiger partial charge in [-0.2, -0.15) is 11.8 Å². The summed E-state index contributed by atoms with van der Waals surface area (Å²) in [5, 5.41) is 13.1. The highest BCUT2D eigenvalue weighted by Gasteiger charge is 2.31. The van der Waals surface area contributed by atoms with Crippen LogP contribution in [0.3, 0.4) is 0 Å². The highest BCUT2D eigenvalue weighted by Crippen LogP contribution is 2.29. The summed E-state index contributed by atoms with van der Waals surface area (Å²) in [7, 11) is 0. The highest BCUT2D eigenvalue weighted by molar-refractivity contribution is 7.98. The van der Waals surface area contributed by atoms with Crippen LogP contribution in [0.1, 0.15) is 26.2 Å².